The van der Waals surface area contributed by atoms with E-state index in [4.69, 9.17) is 14.7 Å². The molecule has 2 aromatic rings. The Morgan fingerprint density at radius 1 is 1.29 bits per heavy atom. The molecule has 1 amide bonds. The van der Waals surface area contributed by atoms with Crippen molar-refractivity contribution in [3.63, 3.8) is 0 Å². The maximum Gasteiger partial charge on any atom is 0.410 e. The van der Waals surface area contributed by atoms with Crippen molar-refractivity contribution in [3.05, 3.63) is 53.5 Å². The number of pyridine rings is 1. The maximum atomic E-state index is 14.1. The smallest absolute Gasteiger partial charge is 0.410 e. The molecule has 0 spiro atoms. The maximum absolute atomic E-state index is 14.1. The van der Waals surface area contributed by atoms with Gasteiger partial charge in [-0.3, -0.25) is 0 Å². The van der Waals surface area contributed by atoms with Crippen LogP contribution < -0.4 is 4.74 Å². The molecule has 0 N–H and O–H groups in total. The summed E-state index contributed by atoms with van der Waals surface area (Å²) in [5, 5.41) is 8.84. The lowest BCUT2D eigenvalue weighted by Crippen LogP contribution is -2.44. The van der Waals surface area contributed by atoms with E-state index in [0.29, 0.717) is 48.0 Å². The van der Waals surface area contributed by atoms with Crippen LogP contribution in [0.4, 0.5) is 9.18 Å². The van der Waals surface area contributed by atoms with Gasteiger partial charge in [-0.1, -0.05) is 6.07 Å². The van der Waals surface area contributed by atoms with E-state index in [2.05, 4.69) is 4.98 Å². The van der Waals surface area contributed by atoms with Crippen LogP contribution >= 0.6 is 11.8 Å². The summed E-state index contributed by atoms with van der Waals surface area (Å²) in [6, 6.07) is 11.9. The summed E-state index contributed by atoms with van der Waals surface area (Å²) >= 11 is 1.32. The van der Waals surface area contributed by atoms with Gasteiger partial charge in [0.15, 0.2) is 0 Å². The number of carbonyl (C=O) groups excluding carboxylic acids is 1. The standard InChI is InChI=1S/C23H26FN3O3S/c1-23(2,3)30-22(28)27-11-9-18(10-12-27)29-21-6-4-5-17(26-21)15-31-20-8-7-16(14-25)13-19(20)24/h4-8,13,18H,9-12,15H2,1-3H3. The Labute approximate surface area is 186 Å². The SMILES string of the molecule is CC(C)(C)OC(=O)N1CCC(Oc2cccc(CSc3ccc(C#N)cc3F)n2)CC1. The highest BCUT2D eigenvalue weighted by atomic mass is 32.2. The van der Waals surface area contributed by atoms with Gasteiger partial charge in [-0.05, 0) is 45.0 Å². The fourth-order valence-corrected chi connectivity index (χ4v) is 3.92. The molecular weight excluding hydrogens is 417 g/mol. The van der Waals surface area contributed by atoms with Crippen LogP contribution in [0, 0.1) is 17.1 Å². The Morgan fingerprint density at radius 3 is 2.68 bits per heavy atom. The molecule has 1 saturated heterocycles. The summed E-state index contributed by atoms with van der Waals surface area (Å²) in [5.74, 6) is 0.597. The molecular formula is C23H26FN3O3S. The number of likely N-dealkylation sites (tertiary alicyclic amines) is 1. The number of aromatic nitrogens is 1. The van der Waals surface area contributed by atoms with Crippen LogP contribution in [-0.2, 0) is 10.5 Å². The van der Waals surface area contributed by atoms with Gasteiger partial charge in [-0.2, -0.15) is 5.26 Å². The predicted molar refractivity (Wildman–Crippen MR) is 116 cm³/mol. The van der Waals surface area contributed by atoms with Gasteiger partial charge in [0, 0.05) is 42.6 Å². The number of rotatable bonds is 5. The quantitative estimate of drug-likeness (QED) is 0.594. The average Bonchev–Trinajstić information content (AvgIpc) is 2.72. The van der Waals surface area contributed by atoms with Crippen LogP contribution in [0.1, 0.15) is 44.9 Å². The number of hydrogen-bond donors (Lipinski definition) is 0. The minimum atomic E-state index is -0.506. The van der Waals surface area contributed by atoms with Gasteiger partial charge < -0.3 is 14.4 Å². The van der Waals surface area contributed by atoms with Gasteiger partial charge in [0.2, 0.25) is 5.88 Å². The summed E-state index contributed by atoms with van der Waals surface area (Å²) in [6.07, 6.45) is 1.09. The summed E-state index contributed by atoms with van der Waals surface area (Å²) in [4.78, 5) is 18.9. The molecule has 1 aromatic carbocycles. The number of benzene rings is 1. The number of nitriles is 1. The second kappa shape index (κ2) is 10.0. The lowest BCUT2D eigenvalue weighted by Gasteiger charge is -2.33. The molecule has 0 unspecified atom stereocenters. The molecule has 0 radical (unpaired) electrons. The van der Waals surface area contributed by atoms with Crippen molar-refractivity contribution in [2.45, 2.75) is 56.0 Å². The number of carbonyl (C=O) groups is 1. The van der Waals surface area contributed by atoms with Crippen LogP contribution in [0.5, 0.6) is 5.88 Å². The molecule has 0 bridgehead atoms. The largest absolute Gasteiger partial charge is 0.474 e. The zero-order valence-corrected chi connectivity index (χ0v) is 18.7. The van der Waals surface area contributed by atoms with E-state index in [1.165, 1.54) is 17.8 Å². The summed E-state index contributed by atoms with van der Waals surface area (Å²) in [5.41, 5.74) is 0.568. The molecule has 1 fully saturated rings. The molecule has 0 atom stereocenters. The Bertz CT molecular complexity index is 963. The van der Waals surface area contributed by atoms with E-state index in [0.717, 1.165) is 5.69 Å². The van der Waals surface area contributed by atoms with E-state index in [1.54, 1.807) is 23.1 Å². The van der Waals surface area contributed by atoms with E-state index >= 15 is 0 Å². The lowest BCUT2D eigenvalue weighted by atomic mass is 10.1. The number of nitrogens with zero attached hydrogens (tertiary/aromatic N) is 3. The zero-order chi connectivity index (χ0) is 22.4. The molecule has 164 valence electrons. The highest BCUT2D eigenvalue weighted by Crippen LogP contribution is 2.27. The highest BCUT2D eigenvalue weighted by molar-refractivity contribution is 7.98. The average molecular weight is 444 g/mol. The van der Waals surface area contributed by atoms with Crippen LogP contribution in [0.15, 0.2) is 41.3 Å². The number of halogens is 1. The van der Waals surface area contributed by atoms with Crippen molar-refractivity contribution in [2.75, 3.05) is 13.1 Å². The van der Waals surface area contributed by atoms with Crippen molar-refractivity contribution in [1.29, 1.82) is 5.26 Å². The molecule has 6 nitrogen and oxygen atoms in total. The first-order chi connectivity index (χ1) is 14.7. The third-order valence-electron chi connectivity index (χ3n) is 4.60. The zero-order valence-electron chi connectivity index (χ0n) is 17.9. The van der Waals surface area contributed by atoms with Gasteiger partial charge in [-0.25, -0.2) is 14.2 Å². The van der Waals surface area contributed by atoms with E-state index in [1.807, 2.05) is 39.0 Å². The van der Waals surface area contributed by atoms with Gasteiger partial charge in [-0.15, -0.1) is 11.8 Å². The third kappa shape index (κ3) is 6.86. The molecule has 2 heterocycles. The number of piperidine rings is 1. The topological polar surface area (TPSA) is 75.4 Å². The fraction of sp³-hybridized carbons (Fsp3) is 0.435. The van der Waals surface area contributed by atoms with Gasteiger partial charge in [0.1, 0.15) is 17.5 Å². The monoisotopic (exact) mass is 443 g/mol. The Hall–Kier alpha value is -2.79. The molecule has 0 aliphatic carbocycles. The third-order valence-corrected chi connectivity index (χ3v) is 5.68. The van der Waals surface area contributed by atoms with Crippen molar-refractivity contribution < 1.29 is 18.7 Å². The molecule has 31 heavy (non-hydrogen) atoms. The van der Waals surface area contributed by atoms with Crippen LogP contribution in [0.2, 0.25) is 0 Å². The Morgan fingerprint density at radius 2 is 2.03 bits per heavy atom. The van der Waals surface area contributed by atoms with E-state index < -0.39 is 11.4 Å². The summed E-state index contributed by atoms with van der Waals surface area (Å²) in [6.45, 7) is 6.72. The molecule has 1 aliphatic rings. The lowest BCUT2D eigenvalue weighted by molar-refractivity contribution is 0.0123. The van der Waals surface area contributed by atoms with E-state index in [-0.39, 0.29) is 12.2 Å². The van der Waals surface area contributed by atoms with Crippen LogP contribution in [-0.4, -0.2) is 40.8 Å². The van der Waals surface area contributed by atoms with Crippen LogP contribution in [0.3, 0.4) is 0 Å². The number of ether oxygens (including phenoxy) is 2. The molecule has 0 saturated carbocycles. The number of amides is 1. The fourth-order valence-electron chi connectivity index (χ4n) is 3.10. The molecule has 8 heteroatoms. The molecule has 3 rings (SSSR count). The molecule has 1 aliphatic heterocycles. The van der Waals surface area contributed by atoms with Crippen molar-refractivity contribution in [1.82, 2.24) is 9.88 Å². The van der Waals surface area contributed by atoms with Crippen molar-refractivity contribution >= 4 is 17.9 Å². The first-order valence-corrected chi connectivity index (χ1v) is 11.1. The Kier molecular flexibility index (Phi) is 7.39. The molecule has 1 aromatic heterocycles. The van der Waals surface area contributed by atoms with Crippen molar-refractivity contribution in [3.8, 4) is 11.9 Å². The minimum absolute atomic E-state index is 0.0231. The summed E-state index contributed by atoms with van der Waals surface area (Å²) in [7, 11) is 0. The van der Waals surface area contributed by atoms with Crippen LogP contribution in [0.25, 0.3) is 0 Å². The first kappa shape index (κ1) is 22.9. The highest BCUT2D eigenvalue weighted by Gasteiger charge is 2.27. The predicted octanol–water partition coefficient (Wildman–Crippen LogP) is 5.16. The normalized spacial score (nSPS) is 14.7. The minimum Gasteiger partial charge on any atom is -0.474 e. The van der Waals surface area contributed by atoms with Crippen molar-refractivity contribution in [2.24, 2.45) is 0 Å². The number of thioether (sulfide) groups is 1. The van der Waals surface area contributed by atoms with Gasteiger partial charge in [0.05, 0.1) is 17.3 Å². The Balaban J connectivity index is 1.51. The van der Waals surface area contributed by atoms with E-state index in [9.17, 15) is 9.18 Å². The van der Waals surface area contributed by atoms with Gasteiger partial charge in [0.25, 0.3) is 0 Å². The second-order valence-corrected chi connectivity index (χ2v) is 9.31. The second-order valence-electron chi connectivity index (χ2n) is 8.30. The first-order valence-electron chi connectivity index (χ1n) is 10.2. The van der Waals surface area contributed by atoms with Gasteiger partial charge >= 0.3 is 6.09 Å². The summed E-state index contributed by atoms with van der Waals surface area (Å²) < 4.78 is 25.5. The number of hydrogen-bond acceptors (Lipinski definition) is 6.